The number of benzene rings is 1. The number of hydrogen-bond donors (Lipinski definition) is 2. The van der Waals surface area contributed by atoms with Crippen molar-refractivity contribution in [1.29, 1.82) is 0 Å². The van der Waals surface area contributed by atoms with E-state index in [4.69, 9.17) is 0 Å². The smallest absolute Gasteiger partial charge is 0.130 e. The van der Waals surface area contributed by atoms with Gasteiger partial charge in [0.05, 0.1) is 4.47 Å². The summed E-state index contributed by atoms with van der Waals surface area (Å²) >= 11 is 3.27. The van der Waals surface area contributed by atoms with E-state index in [0.29, 0.717) is 5.75 Å². The molecule has 1 rings (SSSR count). The van der Waals surface area contributed by atoms with Gasteiger partial charge < -0.3 is 10.4 Å². The lowest BCUT2D eigenvalue weighted by atomic mass is 9.84. The summed E-state index contributed by atoms with van der Waals surface area (Å²) in [4.78, 5) is 0. The fourth-order valence-corrected chi connectivity index (χ4v) is 1.72. The van der Waals surface area contributed by atoms with Gasteiger partial charge in [-0.05, 0) is 40.7 Å². The van der Waals surface area contributed by atoms with Crippen molar-refractivity contribution in [2.24, 2.45) is 0 Å². The molecule has 0 aliphatic rings. The minimum atomic E-state index is 0.0347. The second kappa shape index (κ2) is 4.32. The molecule has 78 valence electrons. The highest BCUT2D eigenvalue weighted by molar-refractivity contribution is 9.10. The van der Waals surface area contributed by atoms with Crippen LogP contribution in [0.2, 0.25) is 0 Å². The van der Waals surface area contributed by atoms with E-state index in [0.717, 1.165) is 16.6 Å². The number of likely N-dealkylation sites (N-methyl/N-ethyl adjacent to an activating group) is 1. The first-order valence-corrected chi connectivity index (χ1v) is 5.40. The highest BCUT2D eigenvalue weighted by atomic mass is 79.9. The zero-order chi connectivity index (χ0) is 10.8. The van der Waals surface area contributed by atoms with E-state index in [2.05, 4.69) is 35.1 Å². The Kier molecular flexibility index (Phi) is 3.56. The SMILES string of the molecule is CNCC(C)(C)c1ccc(Br)c(O)c1. The summed E-state index contributed by atoms with van der Waals surface area (Å²) in [6.07, 6.45) is 0. The van der Waals surface area contributed by atoms with E-state index >= 15 is 0 Å². The first-order valence-electron chi connectivity index (χ1n) is 4.61. The largest absolute Gasteiger partial charge is 0.507 e. The number of nitrogens with one attached hydrogen (secondary N) is 1. The third kappa shape index (κ3) is 2.49. The van der Waals surface area contributed by atoms with Crippen molar-refractivity contribution in [2.45, 2.75) is 19.3 Å². The highest BCUT2D eigenvalue weighted by Crippen LogP contribution is 2.30. The van der Waals surface area contributed by atoms with Gasteiger partial charge in [0.1, 0.15) is 5.75 Å². The van der Waals surface area contributed by atoms with Gasteiger partial charge in [-0.2, -0.15) is 0 Å². The van der Waals surface area contributed by atoms with E-state index < -0.39 is 0 Å². The maximum absolute atomic E-state index is 9.56. The van der Waals surface area contributed by atoms with Gasteiger partial charge >= 0.3 is 0 Å². The van der Waals surface area contributed by atoms with Crippen LogP contribution in [-0.2, 0) is 5.41 Å². The monoisotopic (exact) mass is 257 g/mol. The lowest BCUT2D eigenvalue weighted by Crippen LogP contribution is -2.30. The van der Waals surface area contributed by atoms with Crippen LogP contribution in [-0.4, -0.2) is 18.7 Å². The van der Waals surface area contributed by atoms with Crippen molar-refractivity contribution in [3.8, 4) is 5.75 Å². The molecule has 0 saturated carbocycles. The van der Waals surface area contributed by atoms with Crippen LogP contribution in [0.3, 0.4) is 0 Å². The fourth-order valence-electron chi connectivity index (χ4n) is 1.48. The van der Waals surface area contributed by atoms with Crippen molar-refractivity contribution in [2.75, 3.05) is 13.6 Å². The second-order valence-electron chi connectivity index (χ2n) is 4.08. The van der Waals surface area contributed by atoms with Crippen LogP contribution in [0, 0.1) is 0 Å². The van der Waals surface area contributed by atoms with Gasteiger partial charge in [-0.1, -0.05) is 19.9 Å². The van der Waals surface area contributed by atoms with Gasteiger partial charge in [0.15, 0.2) is 0 Å². The van der Waals surface area contributed by atoms with Crippen LogP contribution in [0.4, 0.5) is 0 Å². The predicted octanol–water partition coefficient (Wildman–Crippen LogP) is 2.65. The first kappa shape index (κ1) is 11.5. The van der Waals surface area contributed by atoms with Crippen LogP contribution in [0.25, 0.3) is 0 Å². The Morgan fingerprint density at radius 2 is 2.07 bits per heavy atom. The third-order valence-electron chi connectivity index (χ3n) is 2.35. The van der Waals surface area contributed by atoms with E-state index in [1.165, 1.54) is 0 Å². The minimum absolute atomic E-state index is 0.0347. The molecule has 2 N–H and O–H groups in total. The molecule has 0 aromatic heterocycles. The molecule has 2 nitrogen and oxygen atoms in total. The van der Waals surface area contributed by atoms with E-state index in [9.17, 15) is 5.11 Å². The van der Waals surface area contributed by atoms with E-state index in [-0.39, 0.29) is 5.41 Å². The summed E-state index contributed by atoms with van der Waals surface area (Å²) in [7, 11) is 1.93. The molecule has 0 spiro atoms. The summed E-state index contributed by atoms with van der Waals surface area (Å²) in [5.74, 6) is 0.298. The Balaban J connectivity index is 3.01. The van der Waals surface area contributed by atoms with Crippen LogP contribution < -0.4 is 5.32 Å². The quantitative estimate of drug-likeness (QED) is 0.873. The first-order chi connectivity index (χ1) is 6.47. The molecule has 0 radical (unpaired) electrons. The summed E-state index contributed by atoms with van der Waals surface area (Å²) in [5, 5.41) is 12.7. The van der Waals surface area contributed by atoms with Crippen molar-refractivity contribution >= 4 is 15.9 Å². The molecule has 0 saturated heterocycles. The lowest BCUT2D eigenvalue weighted by Gasteiger charge is -2.25. The van der Waals surface area contributed by atoms with Gasteiger partial charge in [-0.15, -0.1) is 0 Å². The Labute approximate surface area is 93.5 Å². The van der Waals surface area contributed by atoms with Crippen molar-refractivity contribution in [1.82, 2.24) is 5.32 Å². The Bertz CT molecular complexity index is 323. The predicted molar refractivity (Wildman–Crippen MR) is 62.8 cm³/mol. The van der Waals surface area contributed by atoms with Crippen LogP contribution in [0.5, 0.6) is 5.75 Å². The molecular formula is C11H16BrNO. The summed E-state index contributed by atoms with van der Waals surface area (Å²) in [6, 6.07) is 5.71. The number of hydrogen-bond acceptors (Lipinski definition) is 2. The summed E-state index contributed by atoms with van der Waals surface area (Å²) < 4.78 is 0.738. The van der Waals surface area contributed by atoms with Gasteiger partial charge in [0.2, 0.25) is 0 Å². The molecule has 0 fully saturated rings. The summed E-state index contributed by atoms with van der Waals surface area (Å²) in [6.45, 7) is 5.17. The van der Waals surface area contributed by atoms with Crippen molar-refractivity contribution in [3.63, 3.8) is 0 Å². The fraction of sp³-hybridized carbons (Fsp3) is 0.455. The number of halogens is 1. The molecule has 1 aromatic rings. The van der Waals surface area contributed by atoms with Crippen LogP contribution >= 0.6 is 15.9 Å². The standard InChI is InChI=1S/C11H16BrNO/c1-11(2,7-13-3)8-4-5-9(12)10(14)6-8/h4-6,13-14H,7H2,1-3H3. The Hall–Kier alpha value is -0.540. The molecule has 1 aromatic carbocycles. The molecule has 0 atom stereocenters. The Morgan fingerprint density at radius 1 is 1.43 bits per heavy atom. The molecule has 0 bridgehead atoms. The summed E-state index contributed by atoms with van der Waals surface area (Å²) in [5.41, 5.74) is 1.17. The number of phenolic OH excluding ortho intramolecular Hbond substituents is 1. The molecule has 0 amide bonds. The Morgan fingerprint density at radius 3 is 2.57 bits per heavy atom. The molecule has 0 unspecified atom stereocenters. The number of phenols is 1. The average molecular weight is 258 g/mol. The molecule has 0 aliphatic carbocycles. The van der Waals surface area contributed by atoms with Gasteiger partial charge in [0, 0.05) is 12.0 Å². The van der Waals surface area contributed by atoms with Crippen molar-refractivity contribution < 1.29 is 5.11 Å². The van der Waals surface area contributed by atoms with Crippen LogP contribution in [0.15, 0.2) is 22.7 Å². The normalized spacial score (nSPS) is 11.7. The van der Waals surface area contributed by atoms with Crippen LogP contribution in [0.1, 0.15) is 19.4 Å². The molecule has 0 heterocycles. The topological polar surface area (TPSA) is 32.3 Å². The van der Waals surface area contributed by atoms with E-state index in [1.54, 1.807) is 6.07 Å². The number of aromatic hydroxyl groups is 1. The number of rotatable bonds is 3. The molecule has 0 aliphatic heterocycles. The lowest BCUT2D eigenvalue weighted by molar-refractivity contribution is 0.459. The minimum Gasteiger partial charge on any atom is -0.507 e. The van der Waals surface area contributed by atoms with E-state index in [1.807, 2.05) is 19.2 Å². The average Bonchev–Trinajstić information content (AvgIpc) is 2.09. The molecule has 14 heavy (non-hydrogen) atoms. The van der Waals surface area contributed by atoms with Gasteiger partial charge in [0.25, 0.3) is 0 Å². The van der Waals surface area contributed by atoms with Gasteiger partial charge in [-0.3, -0.25) is 0 Å². The maximum Gasteiger partial charge on any atom is 0.130 e. The van der Waals surface area contributed by atoms with Crippen molar-refractivity contribution in [3.05, 3.63) is 28.2 Å². The highest BCUT2D eigenvalue weighted by Gasteiger charge is 2.20. The van der Waals surface area contributed by atoms with Gasteiger partial charge in [-0.25, -0.2) is 0 Å². The molecule has 3 heteroatoms. The third-order valence-corrected chi connectivity index (χ3v) is 3.02. The zero-order valence-electron chi connectivity index (χ0n) is 8.76. The maximum atomic E-state index is 9.56. The zero-order valence-corrected chi connectivity index (χ0v) is 10.4. The molecular weight excluding hydrogens is 242 g/mol. The second-order valence-corrected chi connectivity index (χ2v) is 4.93.